The summed E-state index contributed by atoms with van der Waals surface area (Å²) in [6.45, 7) is 4.65. The number of imidazole rings is 1. The van der Waals surface area contributed by atoms with Crippen LogP contribution in [0, 0.1) is 5.92 Å². The van der Waals surface area contributed by atoms with Crippen molar-refractivity contribution in [2.75, 3.05) is 24.5 Å². The maximum Gasteiger partial charge on any atom is 0.451 e. The Balaban J connectivity index is 1.27. The Morgan fingerprint density at radius 1 is 1.04 bits per heavy atom. The predicted octanol–water partition coefficient (Wildman–Crippen LogP) is 5.28. The second-order valence-electron chi connectivity index (χ2n) is 11.7. The van der Waals surface area contributed by atoms with Gasteiger partial charge in [0.25, 0.3) is 6.01 Å². The summed E-state index contributed by atoms with van der Waals surface area (Å²) in [5, 5.41) is 10.6. The van der Waals surface area contributed by atoms with Gasteiger partial charge >= 0.3 is 12.1 Å². The Kier molecular flexibility index (Phi) is 6.82. The van der Waals surface area contributed by atoms with E-state index in [9.17, 15) is 27.9 Å². The minimum Gasteiger partial charge on any atom is -0.480 e. The van der Waals surface area contributed by atoms with Gasteiger partial charge in [-0.05, 0) is 36.6 Å². The van der Waals surface area contributed by atoms with Crippen molar-refractivity contribution in [3.8, 4) is 6.01 Å². The van der Waals surface area contributed by atoms with Crippen LogP contribution < -0.4 is 9.64 Å². The third-order valence-electron chi connectivity index (χ3n) is 8.75. The van der Waals surface area contributed by atoms with Crippen LogP contribution in [0.3, 0.4) is 0 Å². The fourth-order valence-corrected chi connectivity index (χ4v) is 6.63. The van der Waals surface area contributed by atoms with Gasteiger partial charge in [-0.2, -0.15) is 18.2 Å². The topological polar surface area (TPSA) is 127 Å². The number of aromatic nitrogens is 4. The highest BCUT2D eigenvalue weighted by Crippen LogP contribution is 2.40. The molecule has 3 aromatic heterocycles. The van der Waals surface area contributed by atoms with Gasteiger partial charge in [-0.3, -0.25) is 9.36 Å². The van der Waals surface area contributed by atoms with E-state index < -0.39 is 30.1 Å². The molecule has 1 N–H and O–H groups in total. The third-order valence-corrected chi connectivity index (χ3v) is 8.75. The molecular weight excluding hydrogens is 593 g/mol. The van der Waals surface area contributed by atoms with Crippen molar-refractivity contribution >= 4 is 50.8 Å². The Hall–Kier alpha value is -4.88. The minimum absolute atomic E-state index is 0.00925. The van der Waals surface area contributed by atoms with Crippen LogP contribution in [0.2, 0.25) is 0 Å². The number of rotatable bonds is 5. The zero-order valence-corrected chi connectivity index (χ0v) is 24.4. The quantitative estimate of drug-likeness (QED) is 0.278. The highest BCUT2D eigenvalue weighted by Gasteiger charge is 2.44. The molecule has 5 aromatic rings. The van der Waals surface area contributed by atoms with Crippen LogP contribution in [0.25, 0.3) is 33.1 Å². The van der Waals surface area contributed by atoms with Crippen molar-refractivity contribution in [1.82, 2.24) is 24.4 Å². The number of halogens is 3. The summed E-state index contributed by atoms with van der Waals surface area (Å²) in [6.07, 6.45) is -5.01. The van der Waals surface area contributed by atoms with Gasteiger partial charge in [-0.25, -0.2) is 14.8 Å². The largest absolute Gasteiger partial charge is 0.480 e. The average Bonchev–Trinajstić information content (AvgIpc) is 3.69. The first-order valence-corrected chi connectivity index (χ1v) is 14.6. The number of ether oxygens (including phenoxy) is 1. The van der Waals surface area contributed by atoms with E-state index in [-0.39, 0.29) is 53.8 Å². The number of nitrogens with zero attached hydrogens (tertiary/aromatic N) is 6. The number of anilines is 1. The van der Waals surface area contributed by atoms with Gasteiger partial charge in [-0.15, -0.1) is 0 Å². The lowest BCUT2D eigenvalue weighted by molar-refractivity contribution is -0.144. The number of carboxylic acid groups (broad SMARTS) is 1. The maximum absolute atomic E-state index is 14.0. The number of hydrogen-bond donors (Lipinski definition) is 1. The van der Waals surface area contributed by atoms with Crippen LogP contribution in [0.1, 0.15) is 38.6 Å². The lowest BCUT2D eigenvalue weighted by Gasteiger charge is -2.37. The van der Waals surface area contributed by atoms with Gasteiger partial charge < -0.3 is 24.1 Å². The molecule has 2 fully saturated rings. The summed E-state index contributed by atoms with van der Waals surface area (Å²) >= 11 is 0. The first-order valence-electron chi connectivity index (χ1n) is 14.6. The molecule has 1 amide bonds. The van der Waals surface area contributed by atoms with Crippen LogP contribution in [0.4, 0.5) is 19.0 Å². The number of furan rings is 1. The van der Waals surface area contributed by atoms with Gasteiger partial charge in [0.2, 0.25) is 11.7 Å². The monoisotopic (exact) mass is 622 g/mol. The first kappa shape index (κ1) is 28.9. The second-order valence-corrected chi connectivity index (χ2v) is 11.7. The number of likely N-dealkylation sites (tertiary alicyclic amines) is 1. The maximum atomic E-state index is 14.0. The normalized spacial score (nSPS) is 22.5. The molecule has 1 unspecified atom stereocenters. The number of carbonyl (C=O) groups is 2. The van der Waals surface area contributed by atoms with Crippen LogP contribution in [0.15, 0.2) is 52.9 Å². The van der Waals surface area contributed by atoms with E-state index in [1.54, 1.807) is 31.2 Å². The molecule has 0 aliphatic carbocycles. The first-order chi connectivity index (χ1) is 21.5. The molecule has 2 aromatic carbocycles. The third kappa shape index (κ3) is 4.97. The van der Waals surface area contributed by atoms with E-state index in [1.807, 2.05) is 33.7 Å². The summed E-state index contributed by atoms with van der Waals surface area (Å²) in [7, 11) is 0. The number of para-hydroxylation sites is 3. The number of benzene rings is 2. The molecule has 2 aliphatic heterocycles. The Labute approximate surface area is 254 Å². The highest BCUT2D eigenvalue weighted by molar-refractivity contribution is 6.06. The molecule has 11 nitrogen and oxygen atoms in total. The van der Waals surface area contributed by atoms with E-state index in [4.69, 9.17) is 14.1 Å². The molecule has 2 saturated heterocycles. The molecule has 4 atom stereocenters. The average molecular weight is 623 g/mol. The van der Waals surface area contributed by atoms with Crippen LogP contribution >= 0.6 is 0 Å². The number of alkyl halides is 3. The molecule has 7 rings (SSSR count). The Morgan fingerprint density at radius 2 is 1.80 bits per heavy atom. The molecule has 2 aliphatic rings. The number of amides is 1. The van der Waals surface area contributed by atoms with E-state index in [2.05, 4.69) is 16.9 Å². The predicted molar refractivity (Wildman–Crippen MR) is 157 cm³/mol. The molecule has 0 saturated carbocycles. The fraction of sp³-hybridized carbons (Fsp3) is 0.387. The van der Waals surface area contributed by atoms with Gasteiger partial charge in [0.15, 0.2) is 11.4 Å². The summed E-state index contributed by atoms with van der Waals surface area (Å²) < 4.78 is 56.3. The molecule has 14 heteroatoms. The van der Waals surface area contributed by atoms with Crippen LogP contribution in [0.5, 0.6) is 6.01 Å². The fourth-order valence-electron chi connectivity index (χ4n) is 6.63. The lowest BCUT2D eigenvalue weighted by Crippen LogP contribution is -2.42. The number of carboxylic acids is 1. The van der Waals surface area contributed by atoms with E-state index >= 15 is 0 Å². The van der Waals surface area contributed by atoms with Crippen molar-refractivity contribution in [2.45, 2.75) is 51.1 Å². The van der Waals surface area contributed by atoms with E-state index in [1.165, 1.54) is 4.90 Å². The number of hydrogen-bond acceptors (Lipinski definition) is 8. The Bertz CT molecular complexity index is 1950. The number of carbonyl (C=O) groups excluding carboxylic acids is 1. The molecular formula is C31H29F3N6O5. The molecule has 0 bridgehead atoms. The zero-order valence-electron chi connectivity index (χ0n) is 24.4. The number of piperidine rings is 1. The van der Waals surface area contributed by atoms with Gasteiger partial charge in [-0.1, -0.05) is 31.2 Å². The van der Waals surface area contributed by atoms with Crippen molar-refractivity contribution < 1.29 is 37.0 Å². The Morgan fingerprint density at radius 3 is 2.53 bits per heavy atom. The van der Waals surface area contributed by atoms with Crippen molar-refractivity contribution in [3.05, 3.63) is 54.4 Å². The molecule has 234 valence electrons. The van der Waals surface area contributed by atoms with E-state index in [0.29, 0.717) is 36.0 Å². The summed E-state index contributed by atoms with van der Waals surface area (Å²) in [6, 6.07) is 13.0. The summed E-state index contributed by atoms with van der Waals surface area (Å²) in [4.78, 5) is 39.9. The highest BCUT2D eigenvalue weighted by atomic mass is 19.4. The minimum atomic E-state index is -4.88. The van der Waals surface area contributed by atoms with E-state index in [0.717, 1.165) is 5.52 Å². The van der Waals surface area contributed by atoms with Crippen LogP contribution in [-0.4, -0.2) is 73.2 Å². The number of aliphatic carboxylic acids is 1. The van der Waals surface area contributed by atoms with Crippen LogP contribution in [-0.2, 0) is 15.8 Å². The van der Waals surface area contributed by atoms with Crippen molar-refractivity contribution in [2.24, 2.45) is 5.92 Å². The molecule has 5 heterocycles. The van der Waals surface area contributed by atoms with Gasteiger partial charge in [0.1, 0.15) is 23.2 Å². The zero-order chi connectivity index (χ0) is 31.6. The smallest absolute Gasteiger partial charge is 0.451 e. The van der Waals surface area contributed by atoms with Crippen molar-refractivity contribution in [3.63, 3.8) is 0 Å². The summed E-state index contributed by atoms with van der Waals surface area (Å²) in [5.74, 6) is -2.82. The summed E-state index contributed by atoms with van der Waals surface area (Å²) in [5.41, 5.74) is 1.74. The lowest BCUT2D eigenvalue weighted by atomic mass is 9.93. The standard InChI is InChI=1S/C31H29F3N6O5/c1-16-14-38(17(2)41)12-11-21(16)40-22-9-5-4-8-20(22)35-30(40)44-18-13-23(28(42)43)39(15-18)27-26-25(36-29(37-27)31(32,33)34)19-7-3-6-10-24(19)45-26/h3-10,16,18,21,23H,11-15H2,1-2H3,(H,42,43)/t16?,18-,21+,23-/m0/s1. The molecule has 0 radical (unpaired) electrons. The molecule has 45 heavy (non-hydrogen) atoms. The SMILES string of the molecule is CC(=O)N1CC[C@@H](n2c(O[C@H]3C[C@@H](C(=O)O)N(c4nc(C(F)(F)F)nc5c4oc4ccccc45)C3)nc3ccccc32)C(C)C1. The molecule has 0 spiro atoms. The number of fused-ring (bicyclic) bond motifs is 4. The van der Waals surface area contributed by atoms with Gasteiger partial charge in [0.05, 0.1) is 17.6 Å². The second kappa shape index (κ2) is 10.6. The van der Waals surface area contributed by atoms with Crippen molar-refractivity contribution in [1.29, 1.82) is 0 Å². The van der Waals surface area contributed by atoms with Gasteiger partial charge in [0, 0.05) is 37.9 Å².